The van der Waals surface area contributed by atoms with Crippen molar-refractivity contribution >= 4 is 5.91 Å². The molecule has 0 saturated carbocycles. The van der Waals surface area contributed by atoms with E-state index in [0.717, 1.165) is 0 Å². The molecule has 1 amide bonds. The third-order valence-corrected chi connectivity index (χ3v) is 2.39. The predicted octanol–water partition coefficient (Wildman–Crippen LogP) is -0.302. The number of rotatable bonds is 2. The number of nitrogens with zero attached hydrogens (tertiary/aromatic N) is 1. The van der Waals surface area contributed by atoms with Crippen molar-refractivity contribution in [2.75, 3.05) is 26.2 Å². The van der Waals surface area contributed by atoms with Crippen LogP contribution in [0.4, 0.5) is 13.2 Å². The maximum Gasteiger partial charge on any atom is 0.405 e. The topological polar surface area (TPSA) is 58.4 Å². The summed E-state index contributed by atoms with van der Waals surface area (Å²) in [6.07, 6.45) is -4.24. The molecule has 3 N–H and O–H groups in total. The van der Waals surface area contributed by atoms with E-state index in [1.165, 1.54) is 4.90 Å². The van der Waals surface area contributed by atoms with Gasteiger partial charge in [0.25, 0.3) is 0 Å². The van der Waals surface area contributed by atoms with E-state index in [1.54, 1.807) is 0 Å². The molecule has 0 aliphatic carbocycles. The molecule has 1 rings (SSSR count). The van der Waals surface area contributed by atoms with Gasteiger partial charge in [0.15, 0.2) is 0 Å². The van der Waals surface area contributed by atoms with Gasteiger partial charge < -0.3 is 11.1 Å². The zero-order valence-electron chi connectivity index (χ0n) is 8.18. The second kappa shape index (κ2) is 4.80. The number of carbonyl (C=O) groups excluding carboxylic acids is 1. The molecular formula is C8H14F3N3O. The SMILES string of the molecule is NCC(N1CCNC(=O)CC1)C(F)(F)F. The maximum atomic E-state index is 12.5. The smallest absolute Gasteiger partial charge is 0.355 e. The average molecular weight is 225 g/mol. The van der Waals surface area contributed by atoms with Gasteiger partial charge in [0, 0.05) is 32.6 Å². The van der Waals surface area contributed by atoms with Crippen molar-refractivity contribution in [3.8, 4) is 0 Å². The van der Waals surface area contributed by atoms with Crippen LogP contribution in [0.5, 0.6) is 0 Å². The lowest BCUT2D eigenvalue weighted by atomic mass is 10.2. The second-order valence-electron chi connectivity index (χ2n) is 3.43. The third kappa shape index (κ3) is 3.35. The molecule has 1 fully saturated rings. The number of alkyl halides is 3. The summed E-state index contributed by atoms with van der Waals surface area (Å²) in [6.45, 7) is 0.0590. The van der Waals surface area contributed by atoms with Gasteiger partial charge in [0.2, 0.25) is 5.91 Å². The minimum absolute atomic E-state index is 0.0899. The molecule has 0 radical (unpaired) electrons. The highest BCUT2D eigenvalue weighted by molar-refractivity contribution is 5.76. The Morgan fingerprint density at radius 2 is 2.13 bits per heavy atom. The number of halogens is 3. The lowest BCUT2D eigenvalue weighted by Crippen LogP contribution is -2.51. The van der Waals surface area contributed by atoms with Gasteiger partial charge in [-0.1, -0.05) is 0 Å². The molecule has 1 aliphatic rings. The first kappa shape index (κ1) is 12.3. The molecule has 88 valence electrons. The molecule has 7 heteroatoms. The van der Waals surface area contributed by atoms with E-state index < -0.39 is 18.8 Å². The summed E-state index contributed by atoms with van der Waals surface area (Å²) >= 11 is 0. The molecule has 1 heterocycles. The molecule has 1 aliphatic heterocycles. The Hall–Kier alpha value is -0.820. The fourth-order valence-electron chi connectivity index (χ4n) is 1.59. The van der Waals surface area contributed by atoms with E-state index in [2.05, 4.69) is 5.32 Å². The van der Waals surface area contributed by atoms with Crippen LogP contribution in [0.2, 0.25) is 0 Å². The zero-order chi connectivity index (χ0) is 11.5. The van der Waals surface area contributed by atoms with Crippen molar-refractivity contribution < 1.29 is 18.0 Å². The monoisotopic (exact) mass is 225 g/mol. The molecule has 0 aromatic heterocycles. The van der Waals surface area contributed by atoms with Gasteiger partial charge in [-0.25, -0.2) is 0 Å². The Morgan fingerprint density at radius 1 is 1.47 bits per heavy atom. The summed E-state index contributed by atoms with van der Waals surface area (Å²) in [5.41, 5.74) is 5.11. The summed E-state index contributed by atoms with van der Waals surface area (Å²) in [7, 11) is 0. The van der Waals surface area contributed by atoms with Gasteiger partial charge in [0.1, 0.15) is 6.04 Å². The van der Waals surface area contributed by atoms with E-state index in [9.17, 15) is 18.0 Å². The first-order valence-electron chi connectivity index (χ1n) is 4.72. The number of carbonyl (C=O) groups is 1. The van der Waals surface area contributed by atoms with E-state index >= 15 is 0 Å². The van der Waals surface area contributed by atoms with Crippen molar-refractivity contribution in [2.45, 2.75) is 18.6 Å². The Bertz CT molecular complexity index is 232. The van der Waals surface area contributed by atoms with Crippen LogP contribution in [-0.4, -0.2) is 49.2 Å². The second-order valence-corrected chi connectivity index (χ2v) is 3.43. The van der Waals surface area contributed by atoms with E-state index in [-0.39, 0.29) is 32.0 Å². The van der Waals surface area contributed by atoms with Gasteiger partial charge >= 0.3 is 6.18 Å². The van der Waals surface area contributed by atoms with Crippen molar-refractivity contribution in [1.29, 1.82) is 0 Å². The fraction of sp³-hybridized carbons (Fsp3) is 0.875. The van der Waals surface area contributed by atoms with Gasteiger partial charge in [-0.2, -0.15) is 13.2 Å². The molecule has 0 aromatic rings. The normalized spacial score (nSPS) is 22.0. The molecule has 0 spiro atoms. The lowest BCUT2D eigenvalue weighted by molar-refractivity contribution is -0.180. The minimum Gasteiger partial charge on any atom is -0.355 e. The molecule has 1 unspecified atom stereocenters. The molecule has 0 aromatic carbocycles. The van der Waals surface area contributed by atoms with Crippen LogP contribution in [0.3, 0.4) is 0 Å². The van der Waals surface area contributed by atoms with Gasteiger partial charge in [-0.3, -0.25) is 9.69 Å². The van der Waals surface area contributed by atoms with Gasteiger partial charge in [-0.15, -0.1) is 0 Å². The summed E-state index contributed by atoms with van der Waals surface area (Å²) in [5, 5.41) is 2.52. The summed E-state index contributed by atoms with van der Waals surface area (Å²) in [5.74, 6) is -0.213. The predicted molar refractivity (Wildman–Crippen MR) is 48.1 cm³/mol. The Labute approximate surface area is 85.6 Å². The van der Waals surface area contributed by atoms with Crippen molar-refractivity contribution in [3.63, 3.8) is 0 Å². The lowest BCUT2D eigenvalue weighted by Gasteiger charge is -2.30. The molecular weight excluding hydrogens is 211 g/mol. The van der Waals surface area contributed by atoms with E-state index in [4.69, 9.17) is 5.73 Å². The van der Waals surface area contributed by atoms with Crippen LogP contribution >= 0.6 is 0 Å². The quantitative estimate of drug-likeness (QED) is 0.678. The number of nitrogens with one attached hydrogen (secondary N) is 1. The highest BCUT2D eigenvalue weighted by atomic mass is 19.4. The Morgan fingerprint density at radius 3 is 2.67 bits per heavy atom. The Kier molecular flexibility index (Phi) is 3.92. The van der Waals surface area contributed by atoms with Gasteiger partial charge in [0.05, 0.1) is 0 Å². The van der Waals surface area contributed by atoms with Crippen LogP contribution in [-0.2, 0) is 4.79 Å². The maximum absolute atomic E-state index is 12.5. The van der Waals surface area contributed by atoms with Crippen molar-refractivity contribution in [3.05, 3.63) is 0 Å². The Balaban J connectivity index is 2.64. The molecule has 15 heavy (non-hydrogen) atoms. The minimum atomic E-state index is -4.33. The summed E-state index contributed by atoms with van der Waals surface area (Å²) in [6, 6.07) is -1.65. The fourth-order valence-corrected chi connectivity index (χ4v) is 1.59. The largest absolute Gasteiger partial charge is 0.405 e. The summed E-state index contributed by atoms with van der Waals surface area (Å²) in [4.78, 5) is 12.1. The van der Waals surface area contributed by atoms with Crippen LogP contribution in [0.1, 0.15) is 6.42 Å². The first-order valence-corrected chi connectivity index (χ1v) is 4.72. The first-order chi connectivity index (χ1) is 6.95. The van der Waals surface area contributed by atoms with Crippen LogP contribution in [0, 0.1) is 0 Å². The molecule has 4 nitrogen and oxygen atoms in total. The standard InChI is InChI=1S/C8H14F3N3O/c9-8(10,11)6(5-12)14-3-1-7(15)13-2-4-14/h6H,1-5,12H2,(H,13,15). The average Bonchev–Trinajstić information content (AvgIpc) is 2.30. The highest BCUT2D eigenvalue weighted by Crippen LogP contribution is 2.24. The van der Waals surface area contributed by atoms with Gasteiger partial charge in [-0.05, 0) is 0 Å². The number of hydrogen-bond acceptors (Lipinski definition) is 3. The molecule has 1 saturated heterocycles. The van der Waals surface area contributed by atoms with Crippen LogP contribution in [0.25, 0.3) is 0 Å². The summed E-state index contributed by atoms with van der Waals surface area (Å²) < 4.78 is 37.5. The third-order valence-electron chi connectivity index (χ3n) is 2.39. The number of amides is 1. The van der Waals surface area contributed by atoms with E-state index in [1.807, 2.05) is 0 Å². The zero-order valence-corrected chi connectivity index (χ0v) is 8.18. The van der Waals surface area contributed by atoms with Crippen LogP contribution in [0.15, 0.2) is 0 Å². The number of nitrogens with two attached hydrogens (primary N) is 1. The van der Waals surface area contributed by atoms with Crippen molar-refractivity contribution in [2.24, 2.45) is 5.73 Å². The van der Waals surface area contributed by atoms with Crippen LogP contribution < -0.4 is 11.1 Å². The highest BCUT2D eigenvalue weighted by Gasteiger charge is 2.42. The number of hydrogen-bond donors (Lipinski definition) is 2. The van der Waals surface area contributed by atoms with E-state index in [0.29, 0.717) is 0 Å². The molecule has 0 bridgehead atoms. The molecule has 1 atom stereocenters. The van der Waals surface area contributed by atoms with Crippen molar-refractivity contribution in [1.82, 2.24) is 10.2 Å².